The standard InChI is InChI=1S/C25H26N4O/c30-24(29-26-15-20-6-3-5-19-4-1-2-7-21(19)20)22-11-23(28-27-22)25-12-16-8-17(13-25)10-18(9-16)14-25/h1-7,11,15-18H,8-10,12-14H2,(H,27,28)(H,29,30)/b26-15+. The number of amides is 1. The first kappa shape index (κ1) is 17.9. The largest absolute Gasteiger partial charge is 0.291 e. The van der Waals surface area contributed by atoms with E-state index in [-0.39, 0.29) is 11.3 Å². The molecule has 0 aliphatic heterocycles. The molecule has 1 amide bonds. The lowest BCUT2D eigenvalue weighted by Gasteiger charge is -2.56. The summed E-state index contributed by atoms with van der Waals surface area (Å²) in [6.07, 6.45) is 9.67. The molecule has 0 atom stereocenters. The molecule has 1 heterocycles. The van der Waals surface area contributed by atoms with Gasteiger partial charge in [0.15, 0.2) is 5.69 Å². The molecule has 5 nitrogen and oxygen atoms in total. The van der Waals surface area contributed by atoms with Crippen molar-refractivity contribution in [1.29, 1.82) is 0 Å². The summed E-state index contributed by atoms with van der Waals surface area (Å²) in [4.78, 5) is 12.6. The molecule has 0 spiro atoms. The van der Waals surface area contributed by atoms with Crippen molar-refractivity contribution in [3.05, 3.63) is 65.5 Å². The van der Waals surface area contributed by atoms with Crippen molar-refractivity contribution < 1.29 is 4.79 Å². The van der Waals surface area contributed by atoms with E-state index < -0.39 is 0 Å². The molecule has 1 aromatic heterocycles. The molecular weight excluding hydrogens is 372 g/mol. The van der Waals surface area contributed by atoms with E-state index in [1.807, 2.05) is 30.3 Å². The van der Waals surface area contributed by atoms with Crippen molar-refractivity contribution in [1.82, 2.24) is 15.6 Å². The van der Waals surface area contributed by atoms with Gasteiger partial charge in [-0.1, -0.05) is 42.5 Å². The van der Waals surface area contributed by atoms with Crippen LogP contribution >= 0.6 is 0 Å². The summed E-state index contributed by atoms with van der Waals surface area (Å²) in [5, 5.41) is 14.0. The molecule has 2 aromatic carbocycles. The fourth-order valence-corrected chi connectivity index (χ4v) is 6.73. The van der Waals surface area contributed by atoms with Gasteiger partial charge in [0.2, 0.25) is 0 Å². The fourth-order valence-electron chi connectivity index (χ4n) is 6.73. The number of hydrogen-bond donors (Lipinski definition) is 2. The van der Waals surface area contributed by atoms with Crippen LogP contribution in [0.2, 0.25) is 0 Å². The number of hydrazone groups is 1. The first-order valence-electron chi connectivity index (χ1n) is 11.1. The Morgan fingerprint density at radius 1 is 1.03 bits per heavy atom. The minimum atomic E-state index is -0.265. The minimum absolute atomic E-state index is 0.215. The number of nitrogens with zero attached hydrogens (tertiary/aromatic N) is 2. The Balaban J connectivity index is 1.18. The maximum absolute atomic E-state index is 12.6. The second-order valence-corrected chi connectivity index (χ2v) is 9.63. The van der Waals surface area contributed by atoms with Crippen molar-refractivity contribution in [2.75, 3.05) is 0 Å². The monoisotopic (exact) mass is 398 g/mol. The van der Waals surface area contributed by atoms with Crippen LogP contribution in [-0.4, -0.2) is 22.3 Å². The van der Waals surface area contributed by atoms with Gasteiger partial charge >= 0.3 is 0 Å². The van der Waals surface area contributed by atoms with Crippen LogP contribution in [0.25, 0.3) is 10.8 Å². The Bertz CT molecular complexity index is 1100. The topological polar surface area (TPSA) is 70.1 Å². The number of H-pyrrole nitrogens is 1. The zero-order valence-corrected chi connectivity index (χ0v) is 17.0. The molecule has 4 aliphatic rings. The maximum Gasteiger partial charge on any atom is 0.291 e. The molecule has 4 bridgehead atoms. The smallest absolute Gasteiger partial charge is 0.281 e. The average Bonchev–Trinajstić information content (AvgIpc) is 3.24. The summed E-state index contributed by atoms with van der Waals surface area (Å²) in [6, 6.07) is 16.2. The third kappa shape index (κ3) is 2.95. The summed E-state index contributed by atoms with van der Waals surface area (Å²) >= 11 is 0. The van der Waals surface area contributed by atoms with E-state index in [0.717, 1.165) is 39.8 Å². The number of nitrogens with one attached hydrogen (secondary N) is 2. The molecule has 4 fully saturated rings. The molecule has 0 radical (unpaired) electrons. The highest BCUT2D eigenvalue weighted by Gasteiger charge is 2.52. The van der Waals surface area contributed by atoms with Gasteiger partial charge in [-0.15, -0.1) is 0 Å². The van der Waals surface area contributed by atoms with Gasteiger partial charge in [-0.25, -0.2) is 5.43 Å². The quantitative estimate of drug-likeness (QED) is 0.490. The molecule has 4 saturated carbocycles. The van der Waals surface area contributed by atoms with Crippen molar-refractivity contribution in [3.8, 4) is 0 Å². The van der Waals surface area contributed by atoms with Crippen molar-refractivity contribution in [2.45, 2.75) is 43.9 Å². The van der Waals surface area contributed by atoms with E-state index in [0.29, 0.717) is 5.69 Å². The number of rotatable bonds is 4. The number of aromatic amines is 1. The summed E-state index contributed by atoms with van der Waals surface area (Å²) in [6.45, 7) is 0. The number of hydrogen-bond acceptors (Lipinski definition) is 3. The van der Waals surface area contributed by atoms with Crippen molar-refractivity contribution in [3.63, 3.8) is 0 Å². The third-order valence-electron chi connectivity index (χ3n) is 7.61. The van der Waals surface area contributed by atoms with Gasteiger partial charge in [-0.05, 0) is 73.1 Å². The van der Waals surface area contributed by atoms with Crippen LogP contribution in [0.1, 0.15) is 60.3 Å². The van der Waals surface area contributed by atoms with Gasteiger partial charge in [0, 0.05) is 16.7 Å². The van der Waals surface area contributed by atoms with Crippen LogP contribution in [0.5, 0.6) is 0 Å². The highest BCUT2D eigenvalue weighted by atomic mass is 16.2. The number of fused-ring (bicyclic) bond motifs is 1. The number of benzene rings is 2. The lowest BCUT2D eigenvalue weighted by atomic mass is 9.49. The highest BCUT2D eigenvalue weighted by Crippen LogP contribution is 2.60. The lowest BCUT2D eigenvalue weighted by Crippen LogP contribution is -2.48. The molecule has 3 aromatic rings. The average molecular weight is 399 g/mol. The van der Waals surface area contributed by atoms with Crippen LogP contribution in [0, 0.1) is 17.8 Å². The molecule has 30 heavy (non-hydrogen) atoms. The molecule has 4 aliphatic carbocycles. The van der Waals surface area contributed by atoms with Gasteiger partial charge in [0.1, 0.15) is 0 Å². The second-order valence-electron chi connectivity index (χ2n) is 9.63. The molecule has 5 heteroatoms. The predicted octanol–water partition coefficient (Wildman–Crippen LogP) is 4.79. The summed E-state index contributed by atoms with van der Waals surface area (Å²) in [5.74, 6) is 2.32. The molecule has 0 saturated heterocycles. The van der Waals surface area contributed by atoms with Crippen LogP contribution < -0.4 is 5.43 Å². The van der Waals surface area contributed by atoms with E-state index in [9.17, 15) is 4.79 Å². The van der Waals surface area contributed by atoms with E-state index >= 15 is 0 Å². The van der Waals surface area contributed by atoms with E-state index in [1.54, 1.807) is 6.21 Å². The van der Waals surface area contributed by atoms with Gasteiger partial charge in [-0.3, -0.25) is 9.89 Å². The second kappa shape index (κ2) is 6.79. The fraction of sp³-hybridized carbons (Fsp3) is 0.400. The Labute approximate surface area is 176 Å². The third-order valence-corrected chi connectivity index (χ3v) is 7.61. The molecule has 2 N–H and O–H groups in total. The van der Waals surface area contributed by atoms with E-state index in [4.69, 9.17) is 0 Å². The molecule has 152 valence electrons. The molecule has 0 unspecified atom stereocenters. The number of aromatic nitrogens is 2. The van der Waals surface area contributed by atoms with Gasteiger partial charge < -0.3 is 0 Å². The predicted molar refractivity (Wildman–Crippen MR) is 117 cm³/mol. The van der Waals surface area contributed by atoms with E-state index in [2.05, 4.69) is 38.9 Å². The SMILES string of the molecule is O=C(N/N=C/c1cccc2ccccc12)c1cc(C23CC4CC(CC(C4)C2)C3)[nH]n1. The van der Waals surface area contributed by atoms with E-state index in [1.165, 1.54) is 38.5 Å². The molecular formula is C25H26N4O. The summed E-state index contributed by atoms with van der Waals surface area (Å²) in [5.41, 5.74) is 5.42. The Hall–Kier alpha value is -2.95. The van der Waals surface area contributed by atoms with Crippen molar-refractivity contribution >= 4 is 22.9 Å². The van der Waals surface area contributed by atoms with Crippen LogP contribution in [-0.2, 0) is 5.41 Å². The minimum Gasteiger partial charge on any atom is -0.281 e. The van der Waals surface area contributed by atoms with Gasteiger partial charge in [0.05, 0.1) is 6.21 Å². The summed E-state index contributed by atoms with van der Waals surface area (Å²) in [7, 11) is 0. The van der Waals surface area contributed by atoms with Gasteiger partial charge in [-0.2, -0.15) is 10.2 Å². The number of carbonyl (C=O) groups is 1. The zero-order chi connectivity index (χ0) is 20.1. The first-order valence-corrected chi connectivity index (χ1v) is 11.1. The Morgan fingerprint density at radius 2 is 1.73 bits per heavy atom. The number of carbonyl (C=O) groups excluding carboxylic acids is 1. The first-order chi connectivity index (χ1) is 14.7. The highest BCUT2D eigenvalue weighted by molar-refractivity contribution is 6.00. The zero-order valence-electron chi connectivity index (χ0n) is 17.0. The molecule has 7 rings (SSSR count). The van der Waals surface area contributed by atoms with Crippen LogP contribution in [0.15, 0.2) is 53.6 Å². The normalized spacial score (nSPS) is 29.7. The Kier molecular flexibility index (Phi) is 4.05. The summed E-state index contributed by atoms with van der Waals surface area (Å²) < 4.78 is 0. The lowest BCUT2D eigenvalue weighted by molar-refractivity contribution is -0.00721. The Morgan fingerprint density at radius 3 is 2.50 bits per heavy atom. The maximum atomic E-state index is 12.6. The van der Waals surface area contributed by atoms with Crippen molar-refractivity contribution in [2.24, 2.45) is 22.9 Å². The van der Waals surface area contributed by atoms with Gasteiger partial charge in [0.25, 0.3) is 5.91 Å². The van der Waals surface area contributed by atoms with Crippen LogP contribution in [0.4, 0.5) is 0 Å². The van der Waals surface area contributed by atoms with Crippen LogP contribution in [0.3, 0.4) is 0 Å².